The zero-order valence-corrected chi connectivity index (χ0v) is 9.20. The minimum atomic E-state index is 0.883. The molecule has 2 aromatic rings. The topological polar surface area (TPSA) is 22.1 Å². The van der Waals surface area contributed by atoms with Gasteiger partial charge in [-0.25, -0.2) is 0 Å². The van der Waals surface area contributed by atoms with Gasteiger partial charge in [0.15, 0.2) is 0 Å². The lowest BCUT2D eigenvalue weighted by molar-refractivity contribution is 0.413. The molecule has 0 saturated carbocycles. The van der Waals surface area contributed by atoms with Gasteiger partial charge in [-0.15, -0.1) is 0 Å². The fourth-order valence-corrected chi connectivity index (χ4v) is 2.06. The van der Waals surface area contributed by atoms with Crippen LogP contribution in [-0.4, -0.2) is 12.1 Å². The Morgan fingerprint density at radius 1 is 1.07 bits per heavy atom. The molecular formula is C12H11NOS. The summed E-state index contributed by atoms with van der Waals surface area (Å²) in [5.41, 5.74) is 0. The van der Waals surface area contributed by atoms with E-state index in [-0.39, 0.29) is 0 Å². The number of nitrogens with zero attached hydrogens (tertiary/aromatic N) is 1. The molecule has 2 nitrogen and oxygen atoms in total. The molecule has 2 rings (SSSR count). The van der Waals surface area contributed by atoms with Crippen LogP contribution in [0.5, 0.6) is 5.75 Å². The lowest BCUT2D eigenvalue weighted by Crippen LogP contribution is -1.82. The Hall–Kier alpha value is -1.48. The van der Waals surface area contributed by atoms with Gasteiger partial charge < -0.3 is 4.74 Å². The van der Waals surface area contributed by atoms with Crippen molar-refractivity contribution in [3.05, 3.63) is 48.8 Å². The number of benzene rings is 1. The molecular weight excluding hydrogens is 206 g/mol. The highest BCUT2D eigenvalue weighted by Crippen LogP contribution is 2.29. The van der Waals surface area contributed by atoms with Gasteiger partial charge in [-0.3, -0.25) is 4.98 Å². The highest BCUT2D eigenvalue weighted by atomic mass is 32.2. The summed E-state index contributed by atoms with van der Waals surface area (Å²) in [4.78, 5) is 6.33. The standard InChI is InChI=1S/C12H11NOS/c1-14-10-3-2-4-12(9-10)15-11-5-7-13-8-6-11/h2-9H,1H3. The maximum Gasteiger partial charge on any atom is 0.119 e. The van der Waals surface area contributed by atoms with Gasteiger partial charge in [-0.2, -0.15) is 0 Å². The van der Waals surface area contributed by atoms with Crippen LogP contribution in [0.3, 0.4) is 0 Å². The highest BCUT2D eigenvalue weighted by molar-refractivity contribution is 7.99. The molecule has 0 N–H and O–H groups in total. The predicted octanol–water partition coefficient (Wildman–Crippen LogP) is 3.24. The van der Waals surface area contributed by atoms with Crippen molar-refractivity contribution in [2.45, 2.75) is 9.79 Å². The molecule has 0 spiro atoms. The summed E-state index contributed by atoms with van der Waals surface area (Å²) < 4.78 is 5.17. The molecule has 0 atom stereocenters. The third-order valence-electron chi connectivity index (χ3n) is 1.93. The molecule has 0 aliphatic rings. The second kappa shape index (κ2) is 4.84. The molecule has 0 amide bonds. The van der Waals surface area contributed by atoms with Crippen molar-refractivity contribution >= 4 is 11.8 Å². The Bertz CT molecular complexity index is 431. The number of methoxy groups -OCH3 is 1. The smallest absolute Gasteiger partial charge is 0.119 e. The van der Waals surface area contributed by atoms with Crippen molar-refractivity contribution in [3.8, 4) is 5.75 Å². The van der Waals surface area contributed by atoms with Gasteiger partial charge in [-0.1, -0.05) is 17.8 Å². The minimum Gasteiger partial charge on any atom is -0.497 e. The molecule has 1 heterocycles. The number of ether oxygens (including phenoxy) is 1. The van der Waals surface area contributed by atoms with Crippen LogP contribution in [0.25, 0.3) is 0 Å². The van der Waals surface area contributed by atoms with E-state index in [9.17, 15) is 0 Å². The molecule has 0 radical (unpaired) electrons. The normalized spacial score (nSPS) is 9.93. The van der Waals surface area contributed by atoms with Gasteiger partial charge in [0.05, 0.1) is 7.11 Å². The van der Waals surface area contributed by atoms with E-state index in [1.165, 1.54) is 9.79 Å². The summed E-state index contributed by atoms with van der Waals surface area (Å²) in [6, 6.07) is 12.0. The van der Waals surface area contributed by atoms with Crippen LogP contribution in [0.4, 0.5) is 0 Å². The minimum absolute atomic E-state index is 0.883. The second-order valence-corrected chi connectivity index (χ2v) is 4.11. The molecule has 1 aromatic heterocycles. The maximum atomic E-state index is 5.17. The Kier molecular flexibility index (Phi) is 3.25. The number of rotatable bonds is 3. The third-order valence-corrected chi connectivity index (χ3v) is 2.92. The van der Waals surface area contributed by atoms with E-state index in [4.69, 9.17) is 4.74 Å². The highest BCUT2D eigenvalue weighted by Gasteiger charge is 1.98. The zero-order chi connectivity index (χ0) is 10.5. The van der Waals surface area contributed by atoms with E-state index in [0.29, 0.717) is 0 Å². The lowest BCUT2D eigenvalue weighted by atomic mass is 10.3. The quantitative estimate of drug-likeness (QED) is 0.788. The second-order valence-electron chi connectivity index (χ2n) is 2.96. The van der Waals surface area contributed by atoms with Gasteiger partial charge in [0, 0.05) is 22.2 Å². The Morgan fingerprint density at radius 3 is 2.60 bits per heavy atom. The van der Waals surface area contributed by atoms with Crippen LogP contribution >= 0.6 is 11.8 Å². The van der Waals surface area contributed by atoms with E-state index < -0.39 is 0 Å². The molecule has 0 saturated heterocycles. The average molecular weight is 217 g/mol. The van der Waals surface area contributed by atoms with Crippen LogP contribution in [0.2, 0.25) is 0 Å². The summed E-state index contributed by atoms with van der Waals surface area (Å²) >= 11 is 1.70. The summed E-state index contributed by atoms with van der Waals surface area (Å²) in [5, 5.41) is 0. The van der Waals surface area contributed by atoms with Gasteiger partial charge in [-0.05, 0) is 30.3 Å². The Morgan fingerprint density at radius 2 is 1.87 bits per heavy atom. The Labute approximate surface area is 93.3 Å². The molecule has 0 aliphatic heterocycles. The summed E-state index contributed by atoms with van der Waals surface area (Å²) in [6.07, 6.45) is 3.59. The largest absolute Gasteiger partial charge is 0.497 e. The first-order valence-electron chi connectivity index (χ1n) is 4.60. The van der Waals surface area contributed by atoms with Crippen LogP contribution in [0.1, 0.15) is 0 Å². The number of pyridine rings is 1. The molecule has 0 unspecified atom stereocenters. The van der Waals surface area contributed by atoms with Gasteiger partial charge in [0.25, 0.3) is 0 Å². The Balaban J connectivity index is 2.17. The van der Waals surface area contributed by atoms with E-state index in [1.807, 2.05) is 30.3 Å². The van der Waals surface area contributed by atoms with Gasteiger partial charge in [0.1, 0.15) is 5.75 Å². The summed E-state index contributed by atoms with van der Waals surface area (Å²) in [6.45, 7) is 0. The summed E-state index contributed by atoms with van der Waals surface area (Å²) in [5.74, 6) is 0.883. The van der Waals surface area contributed by atoms with Crippen LogP contribution in [0.15, 0.2) is 58.6 Å². The first-order valence-corrected chi connectivity index (χ1v) is 5.42. The van der Waals surface area contributed by atoms with Crippen molar-refractivity contribution < 1.29 is 4.74 Å². The predicted molar refractivity (Wildman–Crippen MR) is 61.4 cm³/mol. The number of hydrogen-bond acceptors (Lipinski definition) is 3. The van der Waals surface area contributed by atoms with Crippen molar-refractivity contribution in [2.75, 3.05) is 7.11 Å². The first kappa shape index (κ1) is 10.1. The molecule has 15 heavy (non-hydrogen) atoms. The van der Waals surface area contributed by atoms with Crippen molar-refractivity contribution in [1.29, 1.82) is 0 Å². The fourth-order valence-electron chi connectivity index (χ4n) is 1.21. The summed E-state index contributed by atoms with van der Waals surface area (Å²) in [7, 11) is 1.68. The van der Waals surface area contributed by atoms with Crippen LogP contribution < -0.4 is 4.74 Å². The zero-order valence-electron chi connectivity index (χ0n) is 8.38. The van der Waals surface area contributed by atoms with Gasteiger partial charge in [0.2, 0.25) is 0 Å². The van der Waals surface area contributed by atoms with Crippen LogP contribution in [0, 0.1) is 0 Å². The van der Waals surface area contributed by atoms with Crippen molar-refractivity contribution in [3.63, 3.8) is 0 Å². The van der Waals surface area contributed by atoms with Gasteiger partial charge >= 0.3 is 0 Å². The molecule has 3 heteroatoms. The number of aromatic nitrogens is 1. The average Bonchev–Trinajstić information content (AvgIpc) is 2.31. The van der Waals surface area contributed by atoms with E-state index in [2.05, 4.69) is 11.1 Å². The maximum absolute atomic E-state index is 5.17. The number of hydrogen-bond donors (Lipinski definition) is 0. The van der Waals surface area contributed by atoms with E-state index >= 15 is 0 Å². The first-order chi connectivity index (χ1) is 7.38. The lowest BCUT2D eigenvalue weighted by Gasteiger charge is -2.03. The van der Waals surface area contributed by atoms with E-state index in [1.54, 1.807) is 31.3 Å². The fraction of sp³-hybridized carbons (Fsp3) is 0.0833. The van der Waals surface area contributed by atoms with Crippen molar-refractivity contribution in [1.82, 2.24) is 4.98 Å². The SMILES string of the molecule is COc1cccc(Sc2ccncc2)c1. The van der Waals surface area contributed by atoms with Crippen molar-refractivity contribution in [2.24, 2.45) is 0 Å². The molecule has 0 aliphatic carbocycles. The molecule has 1 aromatic carbocycles. The third kappa shape index (κ3) is 2.73. The van der Waals surface area contributed by atoms with E-state index in [0.717, 1.165) is 5.75 Å². The monoisotopic (exact) mass is 217 g/mol. The molecule has 76 valence electrons. The molecule has 0 bridgehead atoms. The molecule has 0 fully saturated rings. The van der Waals surface area contributed by atoms with Crippen LogP contribution in [-0.2, 0) is 0 Å².